The Morgan fingerprint density at radius 3 is 2.20 bits per heavy atom. The first kappa shape index (κ1) is 12.5. The quantitative estimate of drug-likeness (QED) is 0.695. The Labute approximate surface area is 98.0 Å². The van der Waals surface area contributed by atoms with Crippen LogP contribution < -0.4 is 0 Å². The third kappa shape index (κ3) is 3.84. The minimum Gasteiger partial charge on any atom is -0.298 e. The molecular formula is C13H20ClN. The lowest BCUT2D eigenvalue weighted by Gasteiger charge is -2.22. The van der Waals surface area contributed by atoms with E-state index in [0.717, 1.165) is 13.0 Å². The molecule has 0 spiro atoms. The molecule has 1 atom stereocenters. The maximum atomic E-state index is 5.82. The van der Waals surface area contributed by atoms with E-state index in [0.29, 0.717) is 11.9 Å². The first-order valence-electron chi connectivity index (χ1n) is 5.51. The molecule has 0 aliphatic carbocycles. The zero-order valence-electron chi connectivity index (χ0n) is 9.83. The highest BCUT2D eigenvalue weighted by atomic mass is 35.5. The number of benzene rings is 1. The van der Waals surface area contributed by atoms with Crippen molar-refractivity contribution >= 4 is 11.6 Å². The Hall–Kier alpha value is -0.530. The topological polar surface area (TPSA) is 3.24 Å². The van der Waals surface area contributed by atoms with E-state index in [-0.39, 0.29) is 0 Å². The standard InChI is InChI=1S/C13H20ClN/c1-4-12-5-7-13(8-6-12)10-15(3)11(2)9-14/h5-8,11H,4,9-10H2,1-3H3. The van der Waals surface area contributed by atoms with Crippen LogP contribution in [0.1, 0.15) is 25.0 Å². The summed E-state index contributed by atoms with van der Waals surface area (Å²) in [4.78, 5) is 2.27. The Kier molecular flexibility index (Phi) is 5.13. The summed E-state index contributed by atoms with van der Waals surface area (Å²) in [6, 6.07) is 9.24. The van der Waals surface area contributed by atoms with Gasteiger partial charge in [0.15, 0.2) is 0 Å². The van der Waals surface area contributed by atoms with Crippen LogP contribution in [0.4, 0.5) is 0 Å². The lowest BCUT2D eigenvalue weighted by molar-refractivity contribution is 0.268. The summed E-state index contributed by atoms with van der Waals surface area (Å²) in [7, 11) is 2.11. The molecule has 0 saturated heterocycles. The Morgan fingerprint density at radius 2 is 1.73 bits per heavy atom. The molecule has 84 valence electrons. The molecule has 0 saturated carbocycles. The van der Waals surface area contributed by atoms with Crippen molar-refractivity contribution in [3.63, 3.8) is 0 Å². The van der Waals surface area contributed by atoms with Crippen molar-refractivity contribution in [1.29, 1.82) is 0 Å². The van der Waals surface area contributed by atoms with Gasteiger partial charge in [-0.25, -0.2) is 0 Å². The highest BCUT2D eigenvalue weighted by Gasteiger charge is 2.07. The van der Waals surface area contributed by atoms with Gasteiger partial charge in [0.1, 0.15) is 0 Å². The van der Waals surface area contributed by atoms with Gasteiger partial charge in [0, 0.05) is 18.5 Å². The normalized spacial score (nSPS) is 13.1. The van der Waals surface area contributed by atoms with E-state index in [1.54, 1.807) is 0 Å². The minimum absolute atomic E-state index is 0.428. The highest BCUT2D eigenvalue weighted by Crippen LogP contribution is 2.09. The average Bonchev–Trinajstić information content (AvgIpc) is 2.29. The van der Waals surface area contributed by atoms with Gasteiger partial charge in [-0.2, -0.15) is 0 Å². The van der Waals surface area contributed by atoms with E-state index in [4.69, 9.17) is 11.6 Å². The van der Waals surface area contributed by atoms with E-state index in [2.05, 4.69) is 50.1 Å². The molecule has 1 unspecified atom stereocenters. The molecule has 15 heavy (non-hydrogen) atoms. The highest BCUT2D eigenvalue weighted by molar-refractivity contribution is 6.18. The fourth-order valence-electron chi connectivity index (χ4n) is 1.44. The molecule has 0 heterocycles. The maximum absolute atomic E-state index is 5.82. The molecule has 0 aliphatic heterocycles. The molecule has 0 N–H and O–H groups in total. The first-order valence-corrected chi connectivity index (χ1v) is 6.04. The van der Waals surface area contributed by atoms with Gasteiger partial charge in [0.25, 0.3) is 0 Å². The number of rotatable bonds is 5. The largest absolute Gasteiger partial charge is 0.298 e. The second-order valence-corrected chi connectivity index (χ2v) is 4.40. The number of nitrogens with zero attached hydrogens (tertiary/aromatic N) is 1. The monoisotopic (exact) mass is 225 g/mol. The lowest BCUT2D eigenvalue weighted by atomic mass is 10.1. The van der Waals surface area contributed by atoms with Crippen LogP contribution in [0.2, 0.25) is 0 Å². The summed E-state index contributed by atoms with van der Waals surface area (Å²) in [5.74, 6) is 0.684. The Bertz CT molecular complexity index is 281. The van der Waals surface area contributed by atoms with E-state index < -0.39 is 0 Å². The van der Waals surface area contributed by atoms with Crippen LogP contribution in [0.5, 0.6) is 0 Å². The zero-order chi connectivity index (χ0) is 11.3. The average molecular weight is 226 g/mol. The molecule has 0 fully saturated rings. The van der Waals surface area contributed by atoms with E-state index in [1.807, 2.05) is 0 Å². The molecule has 1 aromatic rings. The molecule has 1 rings (SSSR count). The summed E-state index contributed by atoms with van der Waals surface area (Å²) in [6.07, 6.45) is 1.11. The number of aryl methyl sites for hydroxylation is 1. The molecular weight excluding hydrogens is 206 g/mol. The fraction of sp³-hybridized carbons (Fsp3) is 0.538. The number of halogens is 1. The zero-order valence-corrected chi connectivity index (χ0v) is 10.6. The number of hydrogen-bond acceptors (Lipinski definition) is 1. The van der Waals surface area contributed by atoms with Crippen LogP contribution in [-0.4, -0.2) is 23.9 Å². The van der Waals surface area contributed by atoms with Crippen molar-refractivity contribution in [3.8, 4) is 0 Å². The fourth-order valence-corrected chi connectivity index (χ4v) is 1.68. The van der Waals surface area contributed by atoms with Crippen molar-refractivity contribution in [3.05, 3.63) is 35.4 Å². The van der Waals surface area contributed by atoms with E-state index in [1.165, 1.54) is 11.1 Å². The Morgan fingerprint density at radius 1 is 1.20 bits per heavy atom. The van der Waals surface area contributed by atoms with Crippen LogP contribution in [0.15, 0.2) is 24.3 Å². The second kappa shape index (κ2) is 6.14. The Balaban J connectivity index is 2.57. The molecule has 2 heteroatoms. The minimum atomic E-state index is 0.428. The van der Waals surface area contributed by atoms with Crippen LogP contribution in [-0.2, 0) is 13.0 Å². The van der Waals surface area contributed by atoms with Crippen LogP contribution in [0.3, 0.4) is 0 Å². The summed E-state index contributed by atoms with van der Waals surface area (Å²) in [5.41, 5.74) is 2.75. The predicted octanol–water partition coefficient (Wildman–Crippen LogP) is 3.31. The van der Waals surface area contributed by atoms with Gasteiger partial charge in [-0.15, -0.1) is 11.6 Å². The SMILES string of the molecule is CCc1ccc(CN(C)C(C)CCl)cc1. The van der Waals surface area contributed by atoms with Crippen molar-refractivity contribution < 1.29 is 0 Å². The van der Waals surface area contributed by atoms with Gasteiger partial charge in [0.05, 0.1) is 0 Å². The molecule has 1 nitrogen and oxygen atoms in total. The second-order valence-electron chi connectivity index (χ2n) is 4.09. The molecule has 0 aromatic heterocycles. The van der Waals surface area contributed by atoms with Gasteiger partial charge in [0.2, 0.25) is 0 Å². The maximum Gasteiger partial charge on any atom is 0.0376 e. The third-order valence-corrected chi connectivity index (χ3v) is 3.29. The molecule has 0 radical (unpaired) electrons. The number of alkyl halides is 1. The van der Waals surface area contributed by atoms with E-state index in [9.17, 15) is 0 Å². The molecule has 0 aliphatic rings. The van der Waals surface area contributed by atoms with E-state index >= 15 is 0 Å². The molecule has 1 aromatic carbocycles. The van der Waals surface area contributed by atoms with Gasteiger partial charge >= 0.3 is 0 Å². The van der Waals surface area contributed by atoms with Gasteiger partial charge in [-0.3, -0.25) is 4.90 Å². The van der Waals surface area contributed by atoms with Crippen molar-refractivity contribution in [2.45, 2.75) is 32.9 Å². The summed E-state index contributed by atoms with van der Waals surface area (Å²) in [6.45, 7) is 5.29. The lowest BCUT2D eigenvalue weighted by Crippen LogP contribution is -2.29. The van der Waals surface area contributed by atoms with Crippen LogP contribution in [0.25, 0.3) is 0 Å². The molecule has 0 bridgehead atoms. The van der Waals surface area contributed by atoms with Gasteiger partial charge in [-0.05, 0) is 31.5 Å². The van der Waals surface area contributed by atoms with Gasteiger partial charge in [-0.1, -0.05) is 31.2 Å². The first-order chi connectivity index (χ1) is 7.17. The summed E-state index contributed by atoms with van der Waals surface area (Å²) in [5, 5.41) is 0. The summed E-state index contributed by atoms with van der Waals surface area (Å²) >= 11 is 5.82. The number of hydrogen-bond donors (Lipinski definition) is 0. The van der Waals surface area contributed by atoms with Crippen molar-refractivity contribution in [2.75, 3.05) is 12.9 Å². The van der Waals surface area contributed by atoms with Crippen molar-refractivity contribution in [2.24, 2.45) is 0 Å². The van der Waals surface area contributed by atoms with Gasteiger partial charge < -0.3 is 0 Å². The third-order valence-electron chi connectivity index (χ3n) is 2.84. The smallest absolute Gasteiger partial charge is 0.0376 e. The predicted molar refractivity (Wildman–Crippen MR) is 67.5 cm³/mol. The van der Waals surface area contributed by atoms with Crippen LogP contribution in [0, 0.1) is 0 Å². The van der Waals surface area contributed by atoms with Crippen molar-refractivity contribution in [1.82, 2.24) is 4.90 Å². The molecule has 0 amide bonds. The summed E-state index contributed by atoms with van der Waals surface area (Å²) < 4.78 is 0. The van der Waals surface area contributed by atoms with Crippen LogP contribution >= 0.6 is 11.6 Å².